The lowest BCUT2D eigenvalue weighted by atomic mass is 10.2. The van der Waals surface area contributed by atoms with Gasteiger partial charge in [-0.1, -0.05) is 42.0 Å². The van der Waals surface area contributed by atoms with E-state index in [9.17, 15) is 0 Å². The molecule has 3 nitrogen and oxygen atoms in total. The Balaban J connectivity index is 1.36. The lowest BCUT2D eigenvalue weighted by molar-refractivity contribution is 0.323. The largest absolute Gasteiger partial charge is 0.474 e. The van der Waals surface area contributed by atoms with E-state index in [4.69, 9.17) is 9.73 Å². The molecule has 0 aliphatic carbocycles. The molecular weight excluding hydrogens is 396 g/mol. The van der Waals surface area contributed by atoms with E-state index < -0.39 is 0 Å². The minimum atomic E-state index is 0.226. The molecule has 1 aliphatic heterocycles. The summed E-state index contributed by atoms with van der Waals surface area (Å²) in [6.45, 7) is 3.64. The van der Waals surface area contributed by atoms with Gasteiger partial charge in [-0.05, 0) is 48.6 Å². The molecule has 1 unspecified atom stereocenters. The van der Waals surface area contributed by atoms with E-state index in [0.717, 1.165) is 29.6 Å². The van der Waals surface area contributed by atoms with Crippen LogP contribution >= 0.6 is 23.5 Å². The number of hydrogen-bond acceptors (Lipinski definition) is 4. The first-order valence-corrected chi connectivity index (χ1v) is 12.2. The molecule has 4 rings (SSSR count). The van der Waals surface area contributed by atoms with Crippen molar-refractivity contribution in [2.24, 2.45) is 4.99 Å². The Hall–Kier alpha value is -2.11. The highest BCUT2D eigenvalue weighted by molar-refractivity contribution is 7.98. The summed E-state index contributed by atoms with van der Waals surface area (Å²) in [4.78, 5) is 6.15. The number of nitrogens with zero attached hydrogens (tertiary/aromatic N) is 2. The Morgan fingerprint density at radius 1 is 1.07 bits per heavy atom. The molecule has 1 atom stereocenters. The fraction of sp³-hybridized carbons (Fsp3) is 0.292. The fourth-order valence-corrected chi connectivity index (χ4v) is 4.81. The van der Waals surface area contributed by atoms with Crippen LogP contribution in [0, 0.1) is 6.92 Å². The van der Waals surface area contributed by atoms with Crippen LogP contribution < -0.4 is 0 Å². The Bertz CT molecular complexity index is 979. The third-order valence-corrected chi connectivity index (χ3v) is 6.84. The first-order chi connectivity index (χ1) is 14.2. The lowest BCUT2D eigenvalue weighted by Gasteiger charge is -2.09. The van der Waals surface area contributed by atoms with Crippen molar-refractivity contribution in [3.8, 4) is 0 Å². The van der Waals surface area contributed by atoms with E-state index in [1.54, 1.807) is 11.8 Å². The van der Waals surface area contributed by atoms with Crippen LogP contribution in [-0.4, -0.2) is 35.1 Å². The van der Waals surface area contributed by atoms with Crippen LogP contribution in [0.5, 0.6) is 0 Å². The molecule has 0 bridgehead atoms. The average molecular weight is 423 g/mol. The second-order valence-electron chi connectivity index (χ2n) is 7.27. The zero-order chi connectivity index (χ0) is 20.1. The summed E-state index contributed by atoms with van der Waals surface area (Å²) in [5.74, 6) is 2.77. The predicted molar refractivity (Wildman–Crippen MR) is 125 cm³/mol. The third-order valence-electron chi connectivity index (χ3n) is 4.93. The summed E-state index contributed by atoms with van der Waals surface area (Å²) < 4.78 is 8.18. The normalized spacial score (nSPS) is 15.9. The molecule has 0 saturated heterocycles. The highest BCUT2D eigenvalue weighted by Crippen LogP contribution is 2.21. The van der Waals surface area contributed by atoms with Crippen molar-refractivity contribution in [3.05, 3.63) is 89.2 Å². The molecule has 0 spiro atoms. The van der Waals surface area contributed by atoms with Gasteiger partial charge < -0.3 is 9.30 Å². The number of hydrogen-bond donors (Lipinski definition) is 0. The van der Waals surface area contributed by atoms with E-state index in [1.807, 2.05) is 11.8 Å². The maximum absolute atomic E-state index is 5.96. The Kier molecular flexibility index (Phi) is 6.67. The molecule has 1 aliphatic rings. The second-order valence-corrected chi connectivity index (χ2v) is 9.18. The molecule has 0 saturated carbocycles. The summed E-state index contributed by atoms with van der Waals surface area (Å²) >= 11 is 3.69. The number of thioether (sulfide) groups is 2. The standard InChI is InChI=1S/C24H26N2OS2/c1-18-5-3-6-20(13-18)16-29-17-21-15-27-24(25-21)23-7-4-12-26(23)14-19-8-10-22(28-2)11-9-19/h3-13,21H,14-17H2,1-2H3. The van der Waals surface area contributed by atoms with Crippen LogP contribution in [0.4, 0.5) is 0 Å². The van der Waals surface area contributed by atoms with Crippen molar-refractivity contribution >= 4 is 29.4 Å². The van der Waals surface area contributed by atoms with Crippen molar-refractivity contribution in [2.75, 3.05) is 18.6 Å². The second kappa shape index (κ2) is 9.59. The van der Waals surface area contributed by atoms with Gasteiger partial charge in [0.1, 0.15) is 12.3 Å². The van der Waals surface area contributed by atoms with Crippen LogP contribution in [0.25, 0.3) is 0 Å². The molecule has 5 heteroatoms. The summed E-state index contributed by atoms with van der Waals surface area (Å²) in [6, 6.07) is 21.8. The molecule has 2 heterocycles. The van der Waals surface area contributed by atoms with Gasteiger partial charge in [0.05, 0.1) is 6.04 Å². The summed E-state index contributed by atoms with van der Waals surface area (Å²) in [6.07, 6.45) is 4.20. The van der Waals surface area contributed by atoms with Gasteiger partial charge in [0.2, 0.25) is 5.90 Å². The maximum atomic E-state index is 5.96. The smallest absolute Gasteiger partial charge is 0.233 e. The number of ether oxygens (including phenoxy) is 1. The molecule has 0 amide bonds. The van der Waals surface area contributed by atoms with E-state index >= 15 is 0 Å². The molecule has 3 aromatic rings. The van der Waals surface area contributed by atoms with Crippen LogP contribution in [0.15, 0.2) is 76.7 Å². The van der Waals surface area contributed by atoms with E-state index in [-0.39, 0.29) is 6.04 Å². The molecule has 1 aromatic heterocycles. The molecule has 0 fully saturated rings. The van der Waals surface area contributed by atoms with Gasteiger partial charge in [-0.3, -0.25) is 0 Å². The Morgan fingerprint density at radius 2 is 1.93 bits per heavy atom. The first kappa shape index (κ1) is 20.2. The van der Waals surface area contributed by atoms with Gasteiger partial charge >= 0.3 is 0 Å². The van der Waals surface area contributed by atoms with Crippen molar-refractivity contribution in [3.63, 3.8) is 0 Å². The van der Waals surface area contributed by atoms with Gasteiger partial charge in [0, 0.05) is 29.1 Å². The van der Waals surface area contributed by atoms with Crippen LogP contribution in [0.1, 0.15) is 22.4 Å². The zero-order valence-electron chi connectivity index (χ0n) is 16.9. The number of aliphatic imine (C=N–C) groups is 1. The topological polar surface area (TPSA) is 26.5 Å². The summed E-state index contributed by atoms with van der Waals surface area (Å²) in [5, 5.41) is 0. The highest BCUT2D eigenvalue weighted by atomic mass is 32.2. The molecule has 2 aromatic carbocycles. The number of benzene rings is 2. The number of aromatic nitrogens is 1. The Morgan fingerprint density at radius 3 is 2.72 bits per heavy atom. The minimum Gasteiger partial charge on any atom is -0.474 e. The maximum Gasteiger partial charge on any atom is 0.233 e. The molecule has 0 N–H and O–H groups in total. The average Bonchev–Trinajstić information content (AvgIpc) is 3.38. The van der Waals surface area contributed by atoms with Gasteiger partial charge in [-0.15, -0.1) is 11.8 Å². The SMILES string of the molecule is CSc1ccc(Cn2cccc2C2=NC(CSCc3cccc(C)c3)CO2)cc1. The van der Waals surface area contributed by atoms with Gasteiger partial charge in [0.25, 0.3) is 0 Å². The monoisotopic (exact) mass is 422 g/mol. The summed E-state index contributed by atoms with van der Waals surface area (Å²) in [5.41, 5.74) is 5.03. The zero-order valence-corrected chi connectivity index (χ0v) is 18.5. The highest BCUT2D eigenvalue weighted by Gasteiger charge is 2.22. The van der Waals surface area contributed by atoms with Gasteiger partial charge in [-0.25, -0.2) is 4.99 Å². The van der Waals surface area contributed by atoms with Crippen molar-refractivity contribution < 1.29 is 4.74 Å². The van der Waals surface area contributed by atoms with Crippen molar-refractivity contribution in [1.29, 1.82) is 0 Å². The van der Waals surface area contributed by atoms with Crippen LogP contribution in [0.2, 0.25) is 0 Å². The van der Waals surface area contributed by atoms with Crippen LogP contribution in [-0.2, 0) is 17.0 Å². The van der Waals surface area contributed by atoms with E-state index in [0.29, 0.717) is 6.61 Å². The van der Waals surface area contributed by atoms with Gasteiger partial charge in [-0.2, -0.15) is 11.8 Å². The van der Waals surface area contributed by atoms with Crippen LogP contribution in [0.3, 0.4) is 0 Å². The number of aryl methyl sites for hydroxylation is 1. The quantitative estimate of drug-likeness (QED) is 0.439. The van der Waals surface area contributed by atoms with Crippen molar-refractivity contribution in [2.45, 2.75) is 30.2 Å². The molecule has 0 radical (unpaired) electrons. The third kappa shape index (κ3) is 5.28. The first-order valence-electron chi connectivity index (χ1n) is 9.83. The van der Waals surface area contributed by atoms with Crippen molar-refractivity contribution in [1.82, 2.24) is 4.57 Å². The van der Waals surface area contributed by atoms with E-state index in [2.05, 4.69) is 84.6 Å². The number of rotatable bonds is 8. The Labute approximate surface area is 181 Å². The van der Waals surface area contributed by atoms with E-state index in [1.165, 1.54) is 21.6 Å². The minimum absolute atomic E-state index is 0.226. The molecule has 150 valence electrons. The predicted octanol–water partition coefficient (Wildman–Crippen LogP) is 5.65. The lowest BCUT2D eigenvalue weighted by Crippen LogP contribution is -2.11. The molecular formula is C24H26N2OS2. The summed E-state index contributed by atoms with van der Waals surface area (Å²) in [7, 11) is 0. The van der Waals surface area contributed by atoms with Gasteiger partial charge in [0.15, 0.2) is 0 Å². The molecule has 29 heavy (non-hydrogen) atoms. The fourth-order valence-electron chi connectivity index (χ4n) is 3.43.